The van der Waals surface area contributed by atoms with Crippen LogP contribution in [0.3, 0.4) is 0 Å². The molecule has 3 N–H and O–H groups in total. The minimum atomic E-state index is -0.0633. The first-order valence-electron chi connectivity index (χ1n) is 6.63. The number of nitrogens with two attached hydrogens (primary N) is 1. The average Bonchev–Trinajstić information content (AvgIpc) is 2.42. The fourth-order valence-corrected chi connectivity index (χ4v) is 2.42. The Balaban J connectivity index is 2.52. The Morgan fingerprint density at radius 3 is 2.16 bits per heavy atom. The predicted molar refractivity (Wildman–Crippen MR) is 80.4 cm³/mol. The van der Waals surface area contributed by atoms with Crippen molar-refractivity contribution in [1.82, 2.24) is 0 Å². The number of nitrogen functional groups attached to an aromatic ring is 1. The minimum absolute atomic E-state index is 0.0633. The summed E-state index contributed by atoms with van der Waals surface area (Å²) in [4.78, 5) is 0. The van der Waals surface area contributed by atoms with Crippen molar-refractivity contribution in [2.24, 2.45) is 0 Å². The molecule has 0 aromatic heterocycles. The maximum Gasteiger partial charge on any atom is 0.118 e. The number of benzene rings is 2. The maximum absolute atomic E-state index is 9.67. The van der Waals surface area contributed by atoms with Gasteiger partial charge in [0.1, 0.15) is 5.75 Å². The molecule has 2 heteroatoms. The van der Waals surface area contributed by atoms with E-state index >= 15 is 0 Å². The number of phenols is 1. The Kier molecular flexibility index (Phi) is 3.52. The molecule has 2 aromatic rings. The van der Waals surface area contributed by atoms with Crippen LogP contribution in [0.5, 0.6) is 5.75 Å². The van der Waals surface area contributed by atoms with Crippen LogP contribution >= 0.6 is 0 Å². The van der Waals surface area contributed by atoms with Crippen molar-refractivity contribution in [1.29, 1.82) is 0 Å². The van der Waals surface area contributed by atoms with Crippen LogP contribution in [-0.4, -0.2) is 5.11 Å². The van der Waals surface area contributed by atoms with Crippen LogP contribution in [0.25, 0.3) is 0 Å². The Hall–Kier alpha value is -1.96. The molecular weight excluding hydrogens is 234 g/mol. The standard InChI is InChI=1S/C17H21NO/c1-4-17(3,13-5-8-15(18)9-6-13)14-7-10-16(19)12(2)11-14/h5-11,19H,4,18H2,1-3H3. The summed E-state index contributed by atoms with van der Waals surface area (Å²) >= 11 is 0. The summed E-state index contributed by atoms with van der Waals surface area (Å²) in [5.74, 6) is 0.347. The van der Waals surface area contributed by atoms with Crippen molar-refractivity contribution in [3.8, 4) is 5.75 Å². The van der Waals surface area contributed by atoms with Crippen molar-refractivity contribution >= 4 is 5.69 Å². The zero-order valence-electron chi connectivity index (χ0n) is 11.8. The molecule has 0 bridgehead atoms. The smallest absolute Gasteiger partial charge is 0.118 e. The van der Waals surface area contributed by atoms with E-state index in [0.29, 0.717) is 5.75 Å². The molecule has 0 aliphatic heterocycles. The van der Waals surface area contributed by atoms with Gasteiger partial charge >= 0.3 is 0 Å². The largest absolute Gasteiger partial charge is 0.508 e. The highest BCUT2D eigenvalue weighted by Crippen LogP contribution is 2.37. The molecule has 0 aliphatic carbocycles. The van der Waals surface area contributed by atoms with Gasteiger partial charge in [0, 0.05) is 11.1 Å². The summed E-state index contributed by atoms with van der Waals surface area (Å²) in [6, 6.07) is 13.9. The third kappa shape index (κ3) is 2.43. The number of phenolic OH excluding ortho intramolecular Hbond substituents is 1. The molecule has 1 atom stereocenters. The quantitative estimate of drug-likeness (QED) is 0.814. The number of rotatable bonds is 3. The van der Waals surface area contributed by atoms with Gasteiger partial charge in [-0.05, 0) is 48.2 Å². The fraction of sp³-hybridized carbons (Fsp3) is 0.294. The van der Waals surface area contributed by atoms with Crippen LogP contribution < -0.4 is 5.73 Å². The highest BCUT2D eigenvalue weighted by atomic mass is 16.3. The predicted octanol–water partition coefficient (Wildman–Crippen LogP) is 4.00. The molecule has 2 nitrogen and oxygen atoms in total. The molecule has 0 radical (unpaired) electrons. The number of hydrogen-bond acceptors (Lipinski definition) is 2. The highest BCUT2D eigenvalue weighted by Gasteiger charge is 2.27. The van der Waals surface area contributed by atoms with Gasteiger partial charge in [0.25, 0.3) is 0 Å². The average molecular weight is 255 g/mol. The topological polar surface area (TPSA) is 46.2 Å². The van der Waals surface area contributed by atoms with E-state index < -0.39 is 0 Å². The first kappa shape index (κ1) is 13.5. The molecule has 100 valence electrons. The number of aromatic hydroxyl groups is 1. The summed E-state index contributed by atoms with van der Waals surface area (Å²) < 4.78 is 0. The van der Waals surface area contributed by atoms with Crippen LogP contribution in [0.15, 0.2) is 42.5 Å². The Labute approximate surface area is 114 Å². The molecular formula is C17H21NO. The van der Waals surface area contributed by atoms with Crippen LogP contribution in [-0.2, 0) is 5.41 Å². The van der Waals surface area contributed by atoms with E-state index in [0.717, 1.165) is 17.7 Å². The first-order valence-corrected chi connectivity index (χ1v) is 6.63. The molecule has 2 rings (SSSR count). The zero-order valence-corrected chi connectivity index (χ0v) is 11.8. The van der Waals surface area contributed by atoms with E-state index in [2.05, 4.69) is 32.0 Å². The molecule has 0 saturated carbocycles. The van der Waals surface area contributed by atoms with E-state index in [1.165, 1.54) is 11.1 Å². The Bertz CT molecular complexity index is 574. The van der Waals surface area contributed by atoms with E-state index in [-0.39, 0.29) is 5.41 Å². The Morgan fingerprint density at radius 1 is 1.05 bits per heavy atom. The van der Waals surface area contributed by atoms with E-state index in [1.54, 1.807) is 6.07 Å². The summed E-state index contributed by atoms with van der Waals surface area (Å²) in [6.45, 7) is 6.33. The molecule has 2 aromatic carbocycles. The van der Waals surface area contributed by atoms with E-state index in [4.69, 9.17) is 5.73 Å². The third-order valence-corrected chi connectivity index (χ3v) is 4.09. The van der Waals surface area contributed by atoms with Crippen LogP contribution in [0.2, 0.25) is 0 Å². The molecule has 19 heavy (non-hydrogen) atoms. The van der Waals surface area contributed by atoms with Crippen LogP contribution in [0.4, 0.5) is 5.69 Å². The second-order valence-corrected chi connectivity index (χ2v) is 5.31. The van der Waals surface area contributed by atoms with Crippen LogP contribution in [0.1, 0.15) is 37.0 Å². The summed E-state index contributed by atoms with van der Waals surface area (Å²) in [5.41, 5.74) is 9.85. The molecule has 0 aliphatic rings. The second kappa shape index (κ2) is 4.96. The van der Waals surface area contributed by atoms with Gasteiger partial charge in [0.05, 0.1) is 0 Å². The zero-order chi connectivity index (χ0) is 14.0. The third-order valence-electron chi connectivity index (χ3n) is 4.09. The fourth-order valence-electron chi connectivity index (χ4n) is 2.42. The summed E-state index contributed by atoms with van der Waals surface area (Å²) in [6.07, 6.45) is 0.987. The lowest BCUT2D eigenvalue weighted by Crippen LogP contribution is -2.22. The van der Waals surface area contributed by atoms with Crippen molar-refractivity contribution in [2.45, 2.75) is 32.6 Å². The Morgan fingerprint density at radius 2 is 1.63 bits per heavy atom. The lowest BCUT2D eigenvalue weighted by molar-refractivity contribution is 0.469. The molecule has 0 spiro atoms. The monoisotopic (exact) mass is 255 g/mol. The van der Waals surface area contributed by atoms with Gasteiger partial charge < -0.3 is 10.8 Å². The van der Waals surface area contributed by atoms with Gasteiger partial charge in [-0.25, -0.2) is 0 Å². The van der Waals surface area contributed by atoms with Crippen LogP contribution in [0, 0.1) is 6.92 Å². The van der Waals surface area contributed by atoms with Gasteiger partial charge in [0.15, 0.2) is 0 Å². The normalized spacial score (nSPS) is 14.1. The minimum Gasteiger partial charge on any atom is -0.508 e. The van der Waals surface area contributed by atoms with E-state index in [1.807, 2.05) is 25.1 Å². The molecule has 0 amide bonds. The molecule has 0 heterocycles. The van der Waals surface area contributed by atoms with Gasteiger partial charge in [-0.3, -0.25) is 0 Å². The lowest BCUT2D eigenvalue weighted by atomic mass is 9.74. The lowest BCUT2D eigenvalue weighted by Gasteiger charge is -2.30. The number of anilines is 1. The maximum atomic E-state index is 9.67. The number of hydrogen-bond donors (Lipinski definition) is 2. The van der Waals surface area contributed by atoms with Crippen molar-refractivity contribution < 1.29 is 5.11 Å². The summed E-state index contributed by atoms with van der Waals surface area (Å²) in [7, 11) is 0. The highest BCUT2D eigenvalue weighted by molar-refractivity contribution is 5.47. The van der Waals surface area contributed by atoms with Gasteiger partial charge in [0.2, 0.25) is 0 Å². The number of aryl methyl sites for hydroxylation is 1. The molecule has 0 fully saturated rings. The summed E-state index contributed by atoms with van der Waals surface area (Å²) in [5, 5.41) is 9.67. The molecule has 1 unspecified atom stereocenters. The van der Waals surface area contributed by atoms with Crippen molar-refractivity contribution in [3.63, 3.8) is 0 Å². The van der Waals surface area contributed by atoms with E-state index in [9.17, 15) is 5.11 Å². The van der Waals surface area contributed by atoms with Gasteiger partial charge in [-0.1, -0.05) is 38.1 Å². The second-order valence-electron chi connectivity index (χ2n) is 5.31. The van der Waals surface area contributed by atoms with Gasteiger partial charge in [-0.15, -0.1) is 0 Å². The molecule has 0 saturated heterocycles. The first-order chi connectivity index (χ1) is 8.97. The van der Waals surface area contributed by atoms with Crippen molar-refractivity contribution in [3.05, 3.63) is 59.2 Å². The SMILES string of the molecule is CCC(C)(c1ccc(N)cc1)c1ccc(O)c(C)c1. The van der Waals surface area contributed by atoms with Gasteiger partial charge in [-0.2, -0.15) is 0 Å². The van der Waals surface area contributed by atoms with Crippen molar-refractivity contribution in [2.75, 3.05) is 5.73 Å².